The van der Waals surface area contributed by atoms with Crippen LogP contribution in [0.25, 0.3) is 0 Å². The maximum absolute atomic E-state index is 12.8. The summed E-state index contributed by atoms with van der Waals surface area (Å²) in [6.07, 6.45) is 5.93. The summed E-state index contributed by atoms with van der Waals surface area (Å²) < 4.78 is 0. The fraction of sp³-hybridized carbons (Fsp3) is 0.381. The quantitative estimate of drug-likeness (QED) is 0.460. The highest BCUT2D eigenvalue weighted by molar-refractivity contribution is 8.00. The van der Waals surface area contributed by atoms with Gasteiger partial charge in [-0.25, -0.2) is 4.98 Å². The molecule has 1 atom stereocenters. The van der Waals surface area contributed by atoms with Crippen molar-refractivity contribution in [2.24, 2.45) is 0 Å². The Morgan fingerprint density at radius 3 is 2.61 bits per heavy atom. The lowest BCUT2D eigenvalue weighted by Gasteiger charge is -2.16. The molecule has 0 fully saturated rings. The standard InChI is InChI=1S/C21H21Cl2N3OS/c1-2-19(20(27)25-17-10-15(22)9-16(23)11-17)28-21-14(12-24)8-13-6-4-3-5-7-18(13)26-21/h8-11,19H,2-7H2,1H3,(H,25,27). The van der Waals surface area contributed by atoms with Crippen molar-refractivity contribution < 1.29 is 4.79 Å². The third-order valence-electron chi connectivity index (χ3n) is 4.68. The fourth-order valence-corrected chi connectivity index (χ4v) is 4.79. The molecule has 1 amide bonds. The zero-order valence-corrected chi connectivity index (χ0v) is 17.9. The van der Waals surface area contributed by atoms with E-state index < -0.39 is 0 Å². The minimum absolute atomic E-state index is 0.161. The molecule has 1 aromatic heterocycles. The molecule has 0 aliphatic heterocycles. The maximum Gasteiger partial charge on any atom is 0.237 e. The van der Waals surface area contributed by atoms with Gasteiger partial charge in [-0.15, -0.1) is 0 Å². The minimum atomic E-state index is -0.374. The molecular formula is C21H21Cl2N3OS. The van der Waals surface area contributed by atoms with Crippen LogP contribution in [-0.2, 0) is 17.6 Å². The number of nitrogens with one attached hydrogen (secondary N) is 1. The lowest BCUT2D eigenvalue weighted by Crippen LogP contribution is -2.25. The Bertz CT molecular complexity index is 906. The molecule has 4 nitrogen and oxygen atoms in total. The van der Waals surface area contributed by atoms with Gasteiger partial charge in [0.25, 0.3) is 0 Å². The molecule has 0 saturated heterocycles. The average Bonchev–Trinajstić information content (AvgIpc) is 2.89. The summed E-state index contributed by atoms with van der Waals surface area (Å²) >= 11 is 13.4. The van der Waals surface area contributed by atoms with Gasteiger partial charge in [0, 0.05) is 21.4 Å². The Morgan fingerprint density at radius 2 is 1.93 bits per heavy atom. The summed E-state index contributed by atoms with van der Waals surface area (Å²) in [6, 6.07) is 9.13. The number of benzene rings is 1. The minimum Gasteiger partial charge on any atom is -0.325 e. The van der Waals surface area contributed by atoms with Gasteiger partial charge in [-0.2, -0.15) is 5.26 Å². The number of carbonyl (C=O) groups is 1. The van der Waals surface area contributed by atoms with E-state index in [1.807, 2.05) is 13.0 Å². The summed E-state index contributed by atoms with van der Waals surface area (Å²) in [5.41, 5.74) is 3.33. The Labute approximate surface area is 179 Å². The first-order valence-corrected chi connectivity index (χ1v) is 11.0. The summed E-state index contributed by atoms with van der Waals surface area (Å²) in [4.78, 5) is 17.6. The number of pyridine rings is 1. The molecule has 146 valence electrons. The van der Waals surface area contributed by atoms with E-state index >= 15 is 0 Å². The second-order valence-electron chi connectivity index (χ2n) is 6.78. The number of carbonyl (C=O) groups excluding carboxylic acids is 1. The Morgan fingerprint density at radius 1 is 1.21 bits per heavy atom. The number of halogens is 2. The normalized spacial score (nSPS) is 14.5. The molecule has 0 saturated carbocycles. The lowest BCUT2D eigenvalue weighted by molar-refractivity contribution is -0.115. The summed E-state index contributed by atoms with van der Waals surface area (Å²) in [5.74, 6) is -0.161. The predicted octanol–water partition coefficient (Wildman–Crippen LogP) is 6.04. The summed E-state index contributed by atoms with van der Waals surface area (Å²) in [5, 5.41) is 13.6. The van der Waals surface area contributed by atoms with Gasteiger partial charge in [0.1, 0.15) is 11.1 Å². The average molecular weight is 434 g/mol. The van der Waals surface area contributed by atoms with Gasteiger partial charge in [0.15, 0.2) is 0 Å². The van der Waals surface area contributed by atoms with Crippen molar-refractivity contribution in [2.75, 3.05) is 5.32 Å². The molecule has 1 aliphatic carbocycles. The third kappa shape index (κ3) is 5.20. The molecule has 7 heteroatoms. The zero-order valence-electron chi connectivity index (χ0n) is 15.6. The van der Waals surface area contributed by atoms with Gasteiger partial charge in [-0.3, -0.25) is 4.79 Å². The fourth-order valence-electron chi connectivity index (χ4n) is 3.27. The van der Waals surface area contributed by atoms with Crippen LogP contribution in [0, 0.1) is 11.3 Å². The Hall–Kier alpha value is -1.74. The van der Waals surface area contributed by atoms with Gasteiger partial charge < -0.3 is 5.32 Å². The molecule has 0 bridgehead atoms. The summed E-state index contributed by atoms with van der Waals surface area (Å²) in [7, 11) is 0. The third-order valence-corrected chi connectivity index (χ3v) is 6.49. The van der Waals surface area contributed by atoms with E-state index in [0.29, 0.717) is 32.7 Å². The van der Waals surface area contributed by atoms with Gasteiger partial charge in [0.05, 0.1) is 10.8 Å². The smallest absolute Gasteiger partial charge is 0.237 e. The molecule has 2 aromatic rings. The van der Waals surface area contributed by atoms with Gasteiger partial charge in [-0.05, 0) is 61.9 Å². The van der Waals surface area contributed by atoms with Crippen LogP contribution in [0.4, 0.5) is 5.69 Å². The molecule has 1 N–H and O–H groups in total. The van der Waals surface area contributed by atoms with Crippen LogP contribution in [0.1, 0.15) is 49.4 Å². The second-order valence-corrected chi connectivity index (χ2v) is 8.85. The van der Waals surface area contributed by atoms with E-state index in [1.54, 1.807) is 18.2 Å². The van der Waals surface area contributed by atoms with E-state index in [9.17, 15) is 10.1 Å². The summed E-state index contributed by atoms with van der Waals surface area (Å²) in [6.45, 7) is 1.94. The Kier molecular flexibility index (Phi) is 7.23. The maximum atomic E-state index is 12.8. The van der Waals surface area contributed by atoms with Crippen LogP contribution >= 0.6 is 35.0 Å². The molecule has 1 aliphatic rings. The Balaban J connectivity index is 1.81. The monoisotopic (exact) mass is 433 g/mol. The zero-order chi connectivity index (χ0) is 20.1. The molecule has 1 unspecified atom stereocenters. The number of anilines is 1. The number of thioether (sulfide) groups is 1. The van der Waals surface area contributed by atoms with Crippen LogP contribution in [0.15, 0.2) is 29.3 Å². The SMILES string of the molecule is CCC(Sc1nc2c(cc1C#N)CCCCC2)C(=O)Nc1cc(Cl)cc(Cl)c1. The van der Waals surface area contributed by atoms with Crippen molar-refractivity contribution >= 4 is 46.6 Å². The number of fused-ring (bicyclic) bond motifs is 1. The highest BCUT2D eigenvalue weighted by atomic mass is 35.5. The van der Waals surface area contributed by atoms with Crippen molar-refractivity contribution in [1.29, 1.82) is 5.26 Å². The number of nitriles is 1. The highest BCUT2D eigenvalue weighted by Gasteiger charge is 2.22. The van der Waals surface area contributed by atoms with Crippen molar-refractivity contribution in [3.05, 3.63) is 51.1 Å². The molecule has 0 radical (unpaired) electrons. The van der Waals surface area contributed by atoms with Crippen molar-refractivity contribution in [2.45, 2.75) is 55.7 Å². The first-order chi connectivity index (χ1) is 13.5. The van der Waals surface area contributed by atoms with E-state index in [1.165, 1.54) is 23.7 Å². The molecular weight excluding hydrogens is 413 g/mol. The van der Waals surface area contributed by atoms with Gasteiger partial charge in [-0.1, -0.05) is 48.3 Å². The van der Waals surface area contributed by atoms with Crippen LogP contribution < -0.4 is 5.32 Å². The number of nitrogens with zero attached hydrogens (tertiary/aromatic N) is 2. The first-order valence-electron chi connectivity index (χ1n) is 9.36. The van der Waals surface area contributed by atoms with Crippen LogP contribution in [0.2, 0.25) is 10.0 Å². The number of aromatic nitrogens is 1. The number of rotatable bonds is 5. The van der Waals surface area contributed by atoms with E-state index in [0.717, 1.165) is 31.4 Å². The van der Waals surface area contributed by atoms with E-state index in [-0.39, 0.29) is 11.2 Å². The van der Waals surface area contributed by atoms with Gasteiger partial charge >= 0.3 is 0 Å². The molecule has 28 heavy (non-hydrogen) atoms. The lowest BCUT2D eigenvalue weighted by atomic mass is 10.1. The highest BCUT2D eigenvalue weighted by Crippen LogP contribution is 2.31. The van der Waals surface area contributed by atoms with Crippen molar-refractivity contribution in [3.63, 3.8) is 0 Å². The van der Waals surface area contributed by atoms with Gasteiger partial charge in [0.2, 0.25) is 5.91 Å². The topological polar surface area (TPSA) is 65.8 Å². The van der Waals surface area contributed by atoms with E-state index in [4.69, 9.17) is 28.2 Å². The number of amides is 1. The molecule has 1 heterocycles. The number of hydrogen-bond donors (Lipinski definition) is 1. The largest absolute Gasteiger partial charge is 0.325 e. The molecule has 0 spiro atoms. The number of hydrogen-bond acceptors (Lipinski definition) is 4. The van der Waals surface area contributed by atoms with Crippen molar-refractivity contribution in [1.82, 2.24) is 4.98 Å². The van der Waals surface area contributed by atoms with Crippen LogP contribution in [0.3, 0.4) is 0 Å². The van der Waals surface area contributed by atoms with Crippen LogP contribution in [0.5, 0.6) is 0 Å². The van der Waals surface area contributed by atoms with Crippen LogP contribution in [-0.4, -0.2) is 16.1 Å². The first kappa shape index (κ1) is 21.0. The number of aryl methyl sites for hydroxylation is 2. The second kappa shape index (κ2) is 9.65. The van der Waals surface area contributed by atoms with Crippen molar-refractivity contribution in [3.8, 4) is 6.07 Å². The van der Waals surface area contributed by atoms with E-state index in [2.05, 4.69) is 11.4 Å². The molecule has 3 rings (SSSR count). The molecule has 1 aromatic carbocycles. The predicted molar refractivity (Wildman–Crippen MR) is 115 cm³/mol.